The minimum absolute atomic E-state index is 0.221. The van der Waals surface area contributed by atoms with E-state index in [9.17, 15) is 0 Å². The van der Waals surface area contributed by atoms with Gasteiger partial charge in [-0.25, -0.2) is 0 Å². The Labute approximate surface area is 108 Å². The van der Waals surface area contributed by atoms with Gasteiger partial charge in [0.1, 0.15) is 6.07 Å². The molecule has 1 unspecified atom stereocenters. The molecule has 0 saturated heterocycles. The molecule has 0 spiro atoms. The fourth-order valence-electron chi connectivity index (χ4n) is 1.90. The van der Waals surface area contributed by atoms with Crippen LogP contribution in [-0.4, -0.2) is 26.3 Å². The average molecular weight is 253 g/mol. The largest absolute Gasteiger partial charge is 0.383 e. The molecule has 0 saturated carbocycles. The number of rotatable bonds is 5. The van der Waals surface area contributed by atoms with Crippen LogP contribution in [0, 0.1) is 11.3 Å². The summed E-state index contributed by atoms with van der Waals surface area (Å²) in [6.45, 7) is 5.58. The lowest BCUT2D eigenvalue weighted by Gasteiger charge is -2.30. The number of nitrogens with zero attached hydrogens (tertiary/aromatic N) is 2. The molecule has 0 aliphatic heterocycles. The summed E-state index contributed by atoms with van der Waals surface area (Å²) in [6.07, 6.45) is 0. The van der Waals surface area contributed by atoms with Crippen LogP contribution in [0.3, 0.4) is 0 Å². The summed E-state index contributed by atoms with van der Waals surface area (Å²) < 4.78 is 5.15. The second-order valence-corrected chi connectivity index (χ2v) is 4.30. The first-order valence-corrected chi connectivity index (χ1v) is 5.97. The van der Waals surface area contributed by atoms with Gasteiger partial charge >= 0.3 is 0 Å². The van der Waals surface area contributed by atoms with Gasteiger partial charge in [-0.15, -0.1) is 0 Å². The molecule has 1 rings (SSSR count). The van der Waals surface area contributed by atoms with Gasteiger partial charge in [0.25, 0.3) is 0 Å². The van der Waals surface area contributed by atoms with Crippen molar-refractivity contribution >= 4 is 17.3 Å². The monoisotopic (exact) mass is 252 g/mol. The van der Waals surface area contributed by atoms with Crippen LogP contribution in [0.4, 0.5) is 5.69 Å². The number of methoxy groups -OCH3 is 1. The van der Waals surface area contributed by atoms with E-state index >= 15 is 0 Å². The van der Waals surface area contributed by atoms with Crippen molar-refractivity contribution in [3.05, 3.63) is 28.8 Å². The summed E-state index contributed by atoms with van der Waals surface area (Å²) >= 11 is 5.89. The number of benzene rings is 1. The zero-order chi connectivity index (χ0) is 12.8. The van der Waals surface area contributed by atoms with Gasteiger partial charge < -0.3 is 9.64 Å². The van der Waals surface area contributed by atoms with E-state index in [-0.39, 0.29) is 6.04 Å². The van der Waals surface area contributed by atoms with Crippen LogP contribution in [0.25, 0.3) is 0 Å². The molecule has 1 aromatic carbocycles. The second-order valence-electron chi connectivity index (χ2n) is 3.86. The quantitative estimate of drug-likeness (QED) is 0.808. The van der Waals surface area contributed by atoms with Crippen molar-refractivity contribution in [2.75, 3.05) is 25.2 Å². The first-order chi connectivity index (χ1) is 8.13. The highest BCUT2D eigenvalue weighted by atomic mass is 35.5. The van der Waals surface area contributed by atoms with Crippen LogP contribution < -0.4 is 4.90 Å². The van der Waals surface area contributed by atoms with Crippen molar-refractivity contribution < 1.29 is 4.74 Å². The van der Waals surface area contributed by atoms with E-state index in [4.69, 9.17) is 21.6 Å². The molecule has 0 fully saturated rings. The Morgan fingerprint density at radius 3 is 2.76 bits per heavy atom. The van der Waals surface area contributed by atoms with Crippen molar-refractivity contribution in [3.63, 3.8) is 0 Å². The van der Waals surface area contributed by atoms with Crippen LogP contribution in [0.2, 0.25) is 5.02 Å². The summed E-state index contributed by atoms with van der Waals surface area (Å²) in [4.78, 5) is 2.14. The third kappa shape index (κ3) is 3.36. The molecule has 1 aromatic rings. The summed E-state index contributed by atoms with van der Waals surface area (Å²) in [5.41, 5.74) is 1.51. The molecule has 0 aliphatic carbocycles. The number of anilines is 1. The maximum atomic E-state index is 9.13. The number of ether oxygens (including phenoxy) is 1. The third-order valence-electron chi connectivity index (χ3n) is 2.67. The molecule has 0 aromatic heterocycles. The number of nitriles is 1. The Hall–Kier alpha value is -1.24. The highest BCUT2D eigenvalue weighted by Gasteiger charge is 2.16. The predicted octanol–water partition coefficient (Wildman–Crippen LogP) is 3.07. The predicted molar refractivity (Wildman–Crippen MR) is 70.5 cm³/mol. The van der Waals surface area contributed by atoms with Crippen LogP contribution in [0.5, 0.6) is 0 Å². The van der Waals surface area contributed by atoms with Crippen LogP contribution in [0.15, 0.2) is 18.2 Å². The third-order valence-corrected chi connectivity index (χ3v) is 2.90. The Morgan fingerprint density at radius 2 is 2.24 bits per heavy atom. The summed E-state index contributed by atoms with van der Waals surface area (Å²) in [6, 6.07) is 7.79. The van der Waals surface area contributed by atoms with Gasteiger partial charge in [-0.05, 0) is 32.0 Å². The number of halogens is 1. The average Bonchev–Trinajstić information content (AvgIpc) is 2.32. The van der Waals surface area contributed by atoms with Gasteiger partial charge in [0.05, 0.1) is 17.9 Å². The number of hydrogen-bond acceptors (Lipinski definition) is 3. The van der Waals surface area contributed by atoms with Gasteiger partial charge in [-0.3, -0.25) is 0 Å². The Balaban J connectivity index is 3.08. The van der Waals surface area contributed by atoms with Crippen molar-refractivity contribution in [1.29, 1.82) is 5.26 Å². The fraction of sp³-hybridized carbons (Fsp3) is 0.462. The standard InChI is InChI=1S/C13H17ClN2O/c1-4-16(10(2)9-17-3)13-6-5-12(14)7-11(13)8-15/h5-7,10H,4,9H2,1-3H3. The number of hydrogen-bond donors (Lipinski definition) is 0. The van der Waals surface area contributed by atoms with Crippen LogP contribution in [-0.2, 0) is 4.74 Å². The smallest absolute Gasteiger partial charge is 0.101 e. The van der Waals surface area contributed by atoms with Crippen molar-refractivity contribution in [2.24, 2.45) is 0 Å². The molecule has 3 nitrogen and oxygen atoms in total. The van der Waals surface area contributed by atoms with E-state index in [0.29, 0.717) is 17.2 Å². The van der Waals surface area contributed by atoms with Crippen LogP contribution >= 0.6 is 11.6 Å². The van der Waals surface area contributed by atoms with E-state index in [1.807, 2.05) is 6.07 Å². The highest BCUT2D eigenvalue weighted by molar-refractivity contribution is 6.30. The Kier molecular flexibility index (Phi) is 5.27. The van der Waals surface area contributed by atoms with E-state index in [0.717, 1.165) is 12.2 Å². The van der Waals surface area contributed by atoms with Crippen molar-refractivity contribution in [2.45, 2.75) is 19.9 Å². The van der Waals surface area contributed by atoms with E-state index in [2.05, 4.69) is 24.8 Å². The van der Waals surface area contributed by atoms with Gasteiger partial charge in [-0.2, -0.15) is 5.26 Å². The topological polar surface area (TPSA) is 36.3 Å². The Morgan fingerprint density at radius 1 is 1.53 bits per heavy atom. The first-order valence-electron chi connectivity index (χ1n) is 5.59. The minimum atomic E-state index is 0.221. The minimum Gasteiger partial charge on any atom is -0.383 e. The van der Waals surface area contributed by atoms with E-state index in [1.54, 1.807) is 19.2 Å². The van der Waals surface area contributed by atoms with Gasteiger partial charge in [0.15, 0.2) is 0 Å². The maximum Gasteiger partial charge on any atom is 0.101 e. The van der Waals surface area contributed by atoms with Crippen LogP contribution in [0.1, 0.15) is 19.4 Å². The molecule has 4 heteroatoms. The van der Waals surface area contributed by atoms with Gasteiger partial charge in [-0.1, -0.05) is 11.6 Å². The van der Waals surface area contributed by atoms with Gasteiger partial charge in [0.2, 0.25) is 0 Å². The molecule has 0 N–H and O–H groups in total. The molecule has 1 atom stereocenters. The molecular formula is C13H17ClN2O. The lowest BCUT2D eigenvalue weighted by atomic mass is 10.1. The summed E-state index contributed by atoms with van der Waals surface area (Å²) in [7, 11) is 1.68. The second kappa shape index (κ2) is 6.48. The molecule has 17 heavy (non-hydrogen) atoms. The van der Waals surface area contributed by atoms with Crippen molar-refractivity contribution in [1.82, 2.24) is 0 Å². The molecule has 0 heterocycles. The SMILES string of the molecule is CCN(c1ccc(Cl)cc1C#N)C(C)COC. The zero-order valence-electron chi connectivity index (χ0n) is 10.4. The summed E-state index contributed by atoms with van der Waals surface area (Å²) in [5, 5.41) is 9.72. The molecule has 0 aliphatic rings. The molecule has 0 radical (unpaired) electrons. The lowest BCUT2D eigenvalue weighted by Crippen LogP contribution is -2.36. The van der Waals surface area contributed by atoms with Gasteiger partial charge in [0, 0.05) is 24.7 Å². The molecular weight excluding hydrogens is 236 g/mol. The maximum absolute atomic E-state index is 9.13. The normalized spacial score (nSPS) is 11.9. The highest BCUT2D eigenvalue weighted by Crippen LogP contribution is 2.25. The number of likely N-dealkylation sites (N-methyl/N-ethyl adjacent to an activating group) is 1. The molecule has 92 valence electrons. The lowest BCUT2D eigenvalue weighted by molar-refractivity contribution is 0.182. The van der Waals surface area contributed by atoms with E-state index < -0.39 is 0 Å². The van der Waals surface area contributed by atoms with E-state index in [1.165, 1.54) is 0 Å². The van der Waals surface area contributed by atoms with Crippen molar-refractivity contribution in [3.8, 4) is 6.07 Å². The molecule has 0 bridgehead atoms. The zero-order valence-corrected chi connectivity index (χ0v) is 11.2. The first kappa shape index (κ1) is 13.8. The molecule has 0 amide bonds. The summed E-state index contributed by atoms with van der Waals surface area (Å²) in [5.74, 6) is 0. The Bertz CT molecular complexity index is 414. The fourth-order valence-corrected chi connectivity index (χ4v) is 2.07.